The van der Waals surface area contributed by atoms with Crippen molar-refractivity contribution in [2.45, 2.75) is 39.7 Å². The number of nitrogen functional groups attached to an aromatic ring is 1. The lowest BCUT2D eigenvalue weighted by Gasteiger charge is -2.16. The van der Waals surface area contributed by atoms with Crippen LogP contribution in [0.1, 0.15) is 32.8 Å². The molecular formula is C16H23N5. The van der Waals surface area contributed by atoms with Gasteiger partial charge in [-0.3, -0.25) is 0 Å². The van der Waals surface area contributed by atoms with Gasteiger partial charge in [-0.25, -0.2) is 9.97 Å². The fraction of sp³-hybridized carbons (Fsp3) is 0.375. The lowest BCUT2D eigenvalue weighted by atomic mass is 10.1. The van der Waals surface area contributed by atoms with E-state index in [1.807, 2.05) is 18.2 Å². The number of hydrogen-bond acceptors (Lipinski definition) is 5. The van der Waals surface area contributed by atoms with Crippen molar-refractivity contribution < 1.29 is 0 Å². The molecule has 0 bridgehead atoms. The summed E-state index contributed by atoms with van der Waals surface area (Å²) in [5.74, 6) is 1.31. The number of para-hydroxylation sites is 1. The Morgan fingerprint density at radius 1 is 1.14 bits per heavy atom. The summed E-state index contributed by atoms with van der Waals surface area (Å²) in [6.45, 7) is 6.34. The molecule has 0 saturated heterocycles. The molecule has 2 aromatic rings. The Morgan fingerprint density at radius 2 is 1.86 bits per heavy atom. The highest BCUT2D eigenvalue weighted by Gasteiger charge is 2.11. The summed E-state index contributed by atoms with van der Waals surface area (Å²) in [5, 5.41) is 6.61. The van der Waals surface area contributed by atoms with E-state index < -0.39 is 0 Å². The molecule has 1 unspecified atom stereocenters. The third-order valence-corrected chi connectivity index (χ3v) is 3.53. The Morgan fingerprint density at radius 3 is 2.57 bits per heavy atom. The summed E-state index contributed by atoms with van der Waals surface area (Å²) in [6.07, 6.45) is 3.48. The van der Waals surface area contributed by atoms with E-state index in [9.17, 15) is 0 Å². The monoisotopic (exact) mass is 285 g/mol. The fourth-order valence-electron chi connectivity index (χ4n) is 2.02. The average Bonchev–Trinajstić information content (AvgIpc) is 2.51. The molecule has 0 amide bonds. The van der Waals surface area contributed by atoms with E-state index in [0.29, 0.717) is 23.4 Å². The van der Waals surface area contributed by atoms with Gasteiger partial charge in [0.05, 0.1) is 0 Å². The highest BCUT2D eigenvalue weighted by atomic mass is 15.1. The number of nitrogens with one attached hydrogen (secondary N) is 2. The van der Waals surface area contributed by atoms with Gasteiger partial charge in [0.1, 0.15) is 12.0 Å². The van der Waals surface area contributed by atoms with Crippen molar-refractivity contribution in [1.82, 2.24) is 9.97 Å². The van der Waals surface area contributed by atoms with Crippen LogP contribution in [0.3, 0.4) is 0 Å². The topological polar surface area (TPSA) is 75.9 Å². The van der Waals surface area contributed by atoms with Crippen LogP contribution in [0, 0.1) is 0 Å². The minimum atomic E-state index is 0.318. The highest BCUT2D eigenvalue weighted by molar-refractivity contribution is 5.78. The molecule has 5 heteroatoms. The summed E-state index contributed by atoms with van der Waals surface area (Å²) < 4.78 is 0. The molecular weight excluding hydrogens is 262 g/mol. The SMILES string of the molecule is CCc1ccccc1Nc1ncnc(NC(C)CC)c1N. The van der Waals surface area contributed by atoms with Crippen molar-refractivity contribution in [2.75, 3.05) is 16.4 Å². The van der Waals surface area contributed by atoms with E-state index in [0.717, 1.165) is 18.5 Å². The van der Waals surface area contributed by atoms with Gasteiger partial charge in [-0.05, 0) is 31.4 Å². The normalized spacial score (nSPS) is 12.0. The van der Waals surface area contributed by atoms with Gasteiger partial charge >= 0.3 is 0 Å². The first-order valence-corrected chi connectivity index (χ1v) is 7.37. The van der Waals surface area contributed by atoms with Gasteiger partial charge in [-0.1, -0.05) is 32.0 Å². The molecule has 21 heavy (non-hydrogen) atoms. The number of nitrogens with zero attached hydrogens (tertiary/aromatic N) is 2. The summed E-state index contributed by atoms with van der Waals surface area (Å²) in [4.78, 5) is 8.48. The average molecular weight is 285 g/mol. The predicted octanol–water partition coefficient (Wildman–Crippen LogP) is 3.58. The van der Waals surface area contributed by atoms with Crippen molar-refractivity contribution in [3.63, 3.8) is 0 Å². The molecule has 112 valence electrons. The van der Waals surface area contributed by atoms with Gasteiger partial charge in [-0.2, -0.15) is 0 Å². The van der Waals surface area contributed by atoms with Crippen LogP contribution < -0.4 is 16.4 Å². The molecule has 0 aliphatic carbocycles. The number of rotatable bonds is 6. The Bertz CT molecular complexity index is 597. The smallest absolute Gasteiger partial charge is 0.159 e. The van der Waals surface area contributed by atoms with Crippen LogP contribution in [0.15, 0.2) is 30.6 Å². The second-order valence-electron chi connectivity index (χ2n) is 5.07. The molecule has 2 rings (SSSR count). The minimum absolute atomic E-state index is 0.318. The summed E-state index contributed by atoms with van der Waals surface area (Å²) in [7, 11) is 0. The molecule has 0 aliphatic rings. The van der Waals surface area contributed by atoms with E-state index in [1.54, 1.807) is 0 Å². The van der Waals surface area contributed by atoms with Gasteiger partial charge in [0.25, 0.3) is 0 Å². The van der Waals surface area contributed by atoms with Crippen molar-refractivity contribution in [3.8, 4) is 0 Å². The van der Waals surface area contributed by atoms with Crippen LogP contribution in [0.5, 0.6) is 0 Å². The summed E-state index contributed by atoms with van der Waals surface area (Å²) in [5.41, 5.74) is 8.98. The van der Waals surface area contributed by atoms with Gasteiger partial charge in [0, 0.05) is 11.7 Å². The van der Waals surface area contributed by atoms with Gasteiger partial charge in [0.15, 0.2) is 11.6 Å². The van der Waals surface area contributed by atoms with E-state index in [-0.39, 0.29) is 0 Å². The molecule has 1 heterocycles. The van der Waals surface area contributed by atoms with E-state index in [1.165, 1.54) is 11.9 Å². The maximum atomic E-state index is 6.18. The fourth-order valence-corrected chi connectivity index (χ4v) is 2.02. The van der Waals surface area contributed by atoms with Crippen LogP contribution in [0.25, 0.3) is 0 Å². The van der Waals surface area contributed by atoms with Crippen molar-refractivity contribution in [3.05, 3.63) is 36.2 Å². The Kier molecular flexibility index (Phi) is 4.98. The largest absolute Gasteiger partial charge is 0.393 e. The number of nitrogens with two attached hydrogens (primary N) is 1. The van der Waals surface area contributed by atoms with Crippen LogP contribution in [-0.4, -0.2) is 16.0 Å². The molecule has 1 aromatic heterocycles. The molecule has 4 N–H and O–H groups in total. The zero-order chi connectivity index (χ0) is 15.2. The highest BCUT2D eigenvalue weighted by Crippen LogP contribution is 2.28. The first kappa shape index (κ1) is 15.1. The molecule has 0 saturated carbocycles. The van der Waals surface area contributed by atoms with Crippen LogP contribution in [-0.2, 0) is 6.42 Å². The summed E-state index contributed by atoms with van der Waals surface area (Å²) >= 11 is 0. The van der Waals surface area contributed by atoms with Crippen molar-refractivity contribution >= 4 is 23.0 Å². The molecule has 1 aromatic carbocycles. The van der Waals surface area contributed by atoms with E-state index >= 15 is 0 Å². The maximum absolute atomic E-state index is 6.18. The molecule has 0 radical (unpaired) electrons. The lowest BCUT2D eigenvalue weighted by Crippen LogP contribution is -2.16. The van der Waals surface area contributed by atoms with Gasteiger partial charge in [-0.15, -0.1) is 0 Å². The zero-order valence-corrected chi connectivity index (χ0v) is 12.9. The second kappa shape index (κ2) is 6.92. The zero-order valence-electron chi connectivity index (χ0n) is 12.9. The first-order valence-electron chi connectivity index (χ1n) is 7.37. The maximum Gasteiger partial charge on any atom is 0.159 e. The van der Waals surface area contributed by atoms with Crippen LogP contribution in [0.2, 0.25) is 0 Å². The molecule has 0 aliphatic heterocycles. The van der Waals surface area contributed by atoms with Crippen molar-refractivity contribution in [1.29, 1.82) is 0 Å². The molecule has 0 fully saturated rings. The molecule has 0 spiro atoms. The van der Waals surface area contributed by atoms with E-state index in [2.05, 4.69) is 47.4 Å². The Hall–Kier alpha value is -2.30. The third-order valence-electron chi connectivity index (χ3n) is 3.53. The number of aryl methyl sites for hydroxylation is 1. The first-order chi connectivity index (χ1) is 10.2. The lowest BCUT2D eigenvalue weighted by molar-refractivity contribution is 0.759. The van der Waals surface area contributed by atoms with Crippen molar-refractivity contribution in [2.24, 2.45) is 0 Å². The predicted molar refractivity (Wildman–Crippen MR) is 88.9 cm³/mol. The second-order valence-corrected chi connectivity index (χ2v) is 5.07. The standard InChI is InChI=1S/C16H23N5/c1-4-11(3)20-15-14(17)16(19-10-18-15)21-13-9-7-6-8-12(13)5-2/h6-11H,4-5,17H2,1-3H3,(H2,18,19,20,21). The number of anilines is 4. The number of benzene rings is 1. The molecule has 1 atom stereocenters. The van der Waals surface area contributed by atoms with E-state index in [4.69, 9.17) is 5.73 Å². The Balaban J connectivity index is 2.26. The Labute approximate surface area is 126 Å². The number of hydrogen-bond donors (Lipinski definition) is 3. The van der Waals surface area contributed by atoms with Gasteiger partial charge < -0.3 is 16.4 Å². The minimum Gasteiger partial charge on any atom is -0.393 e. The van der Waals surface area contributed by atoms with Crippen LogP contribution >= 0.6 is 0 Å². The quantitative estimate of drug-likeness (QED) is 0.756. The number of aromatic nitrogens is 2. The third kappa shape index (κ3) is 3.62. The molecule has 5 nitrogen and oxygen atoms in total. The summed E-state index contributed by atoms with van der Waals surface area (Å²) in [6, 6.07) is 8.47. The van der Waals surface area contributed by atoms with Gasteiger partial charge in [0.2, 0.25) is 0 Å². The van der Waals surface area contributed by atoms with Crippen LogP contribution in [0.4, 0.5) is 23.0 Å².